The number of carboxylic acid groups (broad SMARTS) is 1. The van der Waals surface area contributed by atoms with Crippen LogP contribution in [0.3, 0.4) is 0 Å². The molecule has 0 atom stereocenters. The average Bonchev–Trinajstić information content (AvgIpc) is 2.46. The van der Waals surface area contributed by atoms with Crippen LogP contribution in [0.2, 0.25) is 0 Å². The lowest BCUT2D eigenvalue weighted by Gasteiger charge is -2.25. The first-order valence-electron chi connectivity index (χ1n) is 6.74. The smallest absolute Gasteiger partial charge is 0.405 e. The van der Waals surface area contributed by atoms with Crippen molar-refractivity contribution in [3.05, 3.63) is 59.7 Å². The Bertz CT molecular complexity index is 615. The molecule has 21 heavy (non-hydrogen) atoms. The van der Waals surface area contributed by atoms with Gasteiger partial charge in [-0.3, -0.25) is 0 Å². The van der Waals surface area contributed by atoms with Crippen molar-refractivity contribution in [3.8, 4) is 11.1 Å². The van der Waals surface area contributed by atoms with Gasteiger partial charge in [0.25, 0.3) is 0 Å². The van der Waals surface area contributed by atoms with Crippen LogP contribution in [0, 0.1) is 0 Å². The Hall–Kier alpha value is -2.33. The molecule has 0 bridgehead atoms. The second-order valence-corrected chi connectivity index (χ2v) is 5.49. The van der Waals surface area contributed by atoms with Crippen molar-refractivity contribution in [2.45, 2.75) is 26.0 Å². The minimum absolute atomic E-state index is 0.0360. The summed E-state index contributed by atoms with van der Waals surface area (Å²) in [5.74, 6) is 0. The fourth-order valence-electron chi connectivity index (χ4n) is 2.22. The van der Waals surface area contributed by atoms with Crippen LogP contribution in [0.1, 0.15) is 25.0 Å². The molecule has 0 spiro atoms. The number of amides is 1. The van der Waals surface area contributed by atoms with E-state index in [1.54, 1.807) is 0 Å². The highest BCUT2D eigenvalue weighted by molar-refractivity contribution is 5.67. The highest BCUT2D eigenvalue weighted by atomic mass is 16.4. The van der Waals surface area contributed by atoms with Gasteiger partial charge in [0.15, 0.2) is 0 Å². The molecule has 2 aromatic carbocycles. The number of nitrogens with one attached hydrogen (secondary N) is 1. The predicted molar refractivity (Wildman–Crippen MR) is 82.0 cm³/mol. The van der Waals surface area contributed by atoms with Crippen molar-refractivity contribution < 1.29 is 15.0 Å². The summed E-state index contributed by atoms with van der Waals surface area (Å²) in [6, 6.07) is 15.5. The molecule has 0 aromatic heterocycles. The number of benzene rings is 2. The molecule has 0 aliphatic heterocycles. The zero-order valence-electron chi connectivity index (χ0n) is 12.1. The summed E-state index contributed by atoms with van der Waals surface area (Å²) in [7, 11) is 0. The van der Waals surface area contributed by atoms with E-state index in [-0.39, 0.29) is 6.61 Å². The van der Waals surface area contributed by atoms with Gasteiger partial charge in [-0.05, 0) is 36.1 Å². The molecular weight excluding hydrogens is 266 g/mol. The summed E-state index contributed by atoms with van der Waals surface area (Å²) in [6.07, 6.45) is -1.04. The summed E-state index contributed by atoms with van der Waals surface area (Å²) in [5, 5.41) is 20.4. The molecule has 0 saturated carbocycles. The lowest BCUT2D eigenvalue weighted by Crippen LogP contribution is -2.39. The molecule has 0 unspecified atom stereocenters. The molecule has 1 amide bonds. The molecule has 2 aromatic rings. The number of hydrogen-bond acceptors (Lipinski definition) is 2. The van der Waals surface area contributed by atoms with Gasteiger partial charge in [-0.15, -0.1) is 0 Å². The summed E-state index contributed by atoms with van der Waals surface area (Å²) >= 11 is 0. The van der Waals surface area contributed by atoms with Crippen LogP contribution in [-0.4, -0.2) is 16.3 Å². The second kappa shape index (κ2) is 5.97. The van der Waals surface area contributed by atoms with Gasteiger partial charge in [-0.2, -0.15) is 0 Å². The van der Waals surface area contributed by atoms with E-state index in [0.29, 0.717) is 0 Å². The largest absolute Gasteiger partial charge is 0.465 e. The Morgan fingerprint density at radius 2 is 1.48 bits per heavy atom. The standard InChI is InChI=1S/C17H19NO3/c1-17(2,18-16(20)21)15-9-7-14(8-10-15)13-5-3-12(11-19)4-6-13/h3-10,18-19H,11H2,1-2H3,(H,20,21). The molecule has 0 fully saturated rings. The molecule has 0 aliphatic carbocycles. The van der Waals surface area contributed by atoms with Crippen LogP contribution < -0.4 is 5.32 Å². The number of aliphatic hydroxyl groups is 1. The van der Waals surface area contributed by atoms with E-state index in [1.807, 2.05) is 62.4 Å². The third-order valence-corrected chi connectivity index (χ3v) is 3.50. The molecule has 2 rings (SSSR count). The molecular formula is C17H19NO3. The molecule has 0 saturated heterocycles. The Morgan fingerprint density at radius 3 is 1.90 bits per heavy atom. The third-order valence-electron chi connectivity index (χ3n) is 3.50. The van der Waals surface area contributed by atoms with Crippen LogP contribution in [0.5, 0.6) is 0 Å². The van der Waals surface area contributed by atoms with E-state index in [2.05, 4.69) is 5.32 Å². The molecule has 0 radical (unpaired) electrons. The molecule has 0 heterocycles. The van der Waals surface area contributed by atoms with E-state index in [0.717, 1.165) is 22.3 Å². The van der Waals surface area contributed by atoms with Crippen molar-refractivity contribution in [2.75, 3.05) is 0 Å². The number of hydrogen-bond donors (Lipinski definition) is 3. The van der Waals surface area contributed by atoms with Crippen molar-refractivity contribution in [2.24, 2.45) is 0 Å². The fraction of sp³-hybridized carbons (Fsp3) is 0.235. The van der Waals surface area contributed by atoms with Gasteiger partial charge in [0.2, 0.25) is 0 Å². The number of rotatable bonds is 4. The third kappa shape index (κ3) is 3.61. The van der Waals surface area contributed by atoms with E-state index >= 15 is 0 Å². The molecule has 4 heteroatoms. The summed E-state index contributed by atoms with van der Waals surface area (Å²) in [6.45, 7) is 3.69. The molecule has 110 valence electrons. The van der Waals surface area contributed by atoms with E-state index in [4.69, 9.17) is 10.2 Å². The number of carbonyl (C=O) groups is 1. The van der Waals surface area contributed by atoms with Gasteiger partial charge in [-0.1, -0.05) is 48.5 Å². The fourth-order valence-corrected chi connectivity index (χ4v) is 2.22. The maximum atomic E-state index is 10.8. The molecule has 3 N–H and O–H groups in total. The minimum Gasteiger partial charge on any atom is -0.465 e. The molecule has 4 nitrogen and oxygen atoms in total. The lowest BCUT2D eigenvalue weighted by atomic mass is 9.92. The van der Waals surface area contributed by atoms with Crippen molar-refractivity contribution in [3.63, 3.8) is 0 Å². The Labute approximate surface area is 124 Å². The van der Waals surface area contributed by atoms with E-state index in [9.17, 15) is 4.79 Å². The first-order valence-corrected chi connectivity index (χ1v) is 6.74. The SMILES string of the molecule is CC(C)(NC(=O)O)c1ccc(-c2ccc(CO)cc2)cc1. The topological polar surface area (TPSA) is 69.6 Å². The summed E-state index contributed by atoms with van der Waals surface area (Å²) in [4.78, 5) is 10.8. The van der Waals surface area contributed by atoms with Crippen LogP contribution in [0.25, 0.3) is 11.1 Å². The summed E-state index contributed by atoms with van der Waals surface area (Å²) in [5.41, 5.74) is 3.25. The zero-order valence-corrected chi connectivity index (χ0v) is 12.1. The van der Waals surface area contributed by atoms with Crippen molar-refractivity contribution in [1.82, 2.24) is 5.32 Å². The van der Waals surface area contributed by atoms with Gasteiger partial charge < -0.3 is 15.5 Å². The van der Waals surface area contributed by atoms with Crippen molar-refractivity contribution in [1.29, 1.82) is 0 Å². The summed E-state index contributed by atoms with van der Waals surface area (Å²) < 4.78 is 0. The van der Waals surface area contributed by atoms with Gasteiger partial charge in [0.1, 0.15) is 0 Å². The van der Waals surface area contributed by atoms with Gasteiger partial charge in [0, 0.05) is 0 Å². The Kier molecular flexibility index (Phi) is 4.29. The minimum atomic E-state index is -1.04. The van der Waals surface area contributed by atoms with E-state index in [1.165, 1.54) is 0 Å². The number of aliphatic hydroxyl groups excluding tert-OH is 1. The van der Waals surface area contributed by atoms with E-state index < -0.39 is 11.6 Å². The van der Waals surface area contributed by atoms with Crippen LogP contribution >= 0.6 is 0 Å². The average molecular weight is 285 g/mol. The quantitative estimate of drug-likeness (QED) is 0.807. The highest BCUT2D eigenvalue weighted by Gasteiger charge is 2.22. The monoisotopic (exact) mass is 285 g/mol. The van der Waals surface area contributed by atoms with Crippen molar-refractivity contribution >= 4 is 6.09 Å². The first kappa shape index (κ1) is 15.1. The predicted octanol–water partition coefficient (Wildman–Crippen LogP) is 3.35. The highest BCUT2D eigenvalue weighted by Crippen LogP contribution is 2.25. The second-order valence-electron chi connectivity index (χ2n) is 5.49. The Morgan fingerprint density at radius 1 is 1.00 bits per heavy atom. The Balaban J connectivity index is 2.23. The van der Waals surface area contributed by atoms with Crippen LogP contribution in [-0.2, 0) is 12.1 Å². The first-order chi connectivity index (χ1) is 9.92. The molecule has 0 aliphatic rings. The van der Waals surface area contributed by atoms with Gasteiger partial charge in [-0.25, -0.2) is 4.79 Å². The van der Waals surface area contributed by atoms with Gasteiger partial charge in [0.05, 0.1) is 12.1 Å². The van der Waals surface area contributed by atoms with Gasteiger partial charge >= 0.3 is 6.09 Å². The lowest BCUT2D eigenvalue weighted by molar-refractivity contribution is 0.182. The van der Waals surface area contributed by atoms with Crippen LogP contribution in [0.4, 0.5) is 4.79 Å². The maximum absolute atomic E-state index is 10.8. The zero-order chi connectivity index (χ0) is 15.5. The normalized spacial score (nSPS) is 11.2. The van der Waals surface area contributed by atoms with Crippen LogP contribution in [0.15, 0.2) is 48.5 Å². The maximum Gasteiger partial charge on any atom is 0.405 e.